The molecule has 1 fully saturated rings. The van der Waals surface area contributed by atoms with Crippen LogP contribution in [0.3, 0.4) is 0 Å². The zero-order chi connectivity index (χ0) is 9.90. The van der Waals surface area contributed by atoms with E-state index in [4.69, 9.17) is 5.73 Å². The molecule has 2 heteroatoms. The quantitative estimate of drug-likeness (QED) is 0.724. The van der Waals surface area contributed by atoms with Crippen molar-refractivity contribution in [1.82, 2.24) is 4.90 Å². The van der Waals surface area contributed by atoms with Crippen molar-refractivity contribution in [3.8, 4) is 0 Å². The molecule has 1 unspecified atom stereocenters. The normalized spacial score (nSPS) is 25.4. The summed E-state index contributed by atoms with van der Waals surface area (Å²) < 4.78 is 0. The lowest BCUT2D eigenvalue weighted by atomic mass is 10.00. The first-order chi connectivity index (χ1) is 5.99. The molecule has 0 amide bonds. The Morgan fingerprint density at radius 1 is 1.46 bits per heavy atom. The van der Waals surface area contributed by atoms with Gasteiger partial charge in [-0.3, -0.25) is 0 Å². The molecular weight excluding hydrogens is 160 g/mol. The predicted octanol–water partition coefficient (Wildman–Crippen LogP) is 1.99. The summed E-state index contributed by atoms with van der Waals surface area (Å²) in [5.74, 6) is 0. The Morgan fingerprint density at radius 2 is 2.15 bits per heavy atom. The number of likely N-dealkylation sites (tertiary alicyclic amines) is 1. The SMILES string of the molecule is CC1CCCN1CCCC(C)(C)N. The Balaban J connectivity index is 2.12. The van der Waals surface area contributed by atoms with Gasteiger partial charge in [-0.1, -0.05) is 0 Å². The molecule has 0 saturated carbocycles. The second-order valence-electron chi connectivity index (χ2n) is 5.12. The van der Waals surface area contributed by atoms with Gasteiger partial charge in [0, 0.05) is 11.6 Å². The summed E-state index contributed by atoms with van der Waals surface area (Å²) >= 11 is 0. The Morgan fingerprint density at radius 3 is 2.62 bits per heavy atom. The molecule has 2 nitrogen and oxygen atoms in total. The van der Waals surface area contributed by atoms with E-state index >= 15 is 0 Å². The molecule has 0 aliphatic carbocycles. The minimum Gasteiger partial charge on any atom is -0.326 e. The summed E-state index contributed by atoms with van der Waals surface area (Å²) in [5.41, 5.74) is 5.95. The van der Waals surface area contributed by atoms with Gasteiger partial charge >= 0.3 is 0 Å². The molecule has 1 heterocycles. The fraction of sp³-hybridized carbons (Fsp3) is 1.00. The number of rotatable bonds is 4. The monoisotopic (exact) mass is 184 g/mol. The molecule has 0 aromatic carbocycles. The molecule has 1 rings (SSSR count). The summed E-state index contributed by atoms with van der Waals surface area (Å²) in [6.45, 7) is 9.09. The average Bonchev–Trinajstić information content (AvgIpc) is 2.34. The van der Waals surface area contributed by atoms with Gasteiger partial charge in [-0.25, -0.2) is 0 Å². The maximum Gasteiger partial charge on any atom is 0.00975 e. The van der Waals surface area contributed by atoms with Crippen LogP contribution in [-0.4, -0.2) is 29.6 Å². The zero-order valence-corrected chi connectivity index (χ0v) is 9.34. The molecule has 0 bridgehead atoms. The smallest absolute Gasteiger partial charge is 0.00975 e. The van der Waals surface area contributed by atoms with Crippen molar-refractivity contribution in [2.75, 3.05) is 13.1 Å². The highest BCUT2D eigenvalue weighted by molar-refractivity contribution is 4.77. The van der Waals surface area contributed by atoms with Gasteiger partial charge in [0.05, 0.1) is 0 Å². The Hall–Kier alpha value is -0.0800. The van der Waals surface area contributed by atoms with Crippen LogP contribution in [0.5, 0.6) is 0 Å². The van der Waals surface area contributed by atoms with Crippen LogP contribution in [0.4, 0.5) is 0 Å². The Labute approximate surface area is 82.5 Å². The van der Waals surface area contributed by atoms with Crippen molar-refractivity contribution in [1.29, 1.82) is 0 Å². The highest BCUT2D eigenvalue weighted by atomic mass is 15.2. The van der Waals surface area contributed by atoms with Gasteiger partial charge < -0.3 is 10.6 Å². The minimum atomic E-state index is 0.0168. The molecule has 2 N–H and O–H groups in total. The molecule has 1 atom stereocenters. The number of nitrogens with zero attached hydrogens (tertiary/aromatic N) is 1. The van der Waals surface area contributed by atoms with Gasteiger partial charge in [0.2, 0.25) is 0 Å². The van der Waals surface area contributed by atoms with Crippen molar-refractivity contribution in [3.05, 3.63) is 0 Å². The molecule has 0 aromatic rings. The molecule has 1 saturated heterocycles. The fourth-order valence-corrected chi connectivity index (χ4v) is 2.06. The average molecular weight is 184 g/mol. The van der Waals surface area contributed by atoms with Crippen LogP contribution in [0.1, 0.15) is 46.5 Å². The van der Waals surface area contributed by atoms with Crippen LogP contribution < -0.4 is 5.73 Å². The van der Waals surface area contributed by atoms with E-state index in [-0.39, 0.29) is 5.54 Å². The molecule has 13 heavy (non-hydrogen) atoms. The van der Waals surface area contributed by atoms with E-state index in [9.17, 15) is 0 Å². The van der Waals surface area contributed by atoms with Crippen molar-refractivity contribution < 1.29 is 0 Å². The molecule has 0 radical (unpaired) electrons. The standard InChI is InChI=1S/C11H24N2/c1-10-6-4-8-13(10)9-5-7-11(2,3)12/h10H,4-9,12H2,1-3H3. The lowest BCUT2D eigenvalue weighted by Gasteiger charge is -2.24. The number of hydrogen-bond donors (Lipinski definition) is 1. The first-order valence-electron chi connectivity index (χ1n) is 5.52. The van der Waals surface area contributed by atoms with Crippen LogP contribution in [0.15, 0.2) is 0 Å². The van der Waals surface area contributed by atoms with E-state index in [2.05, 4.69) is 25.7 Å². The van der Waals surface area contributed by atoms with Crippen LogP contribution in [0, 0.1) is 0 Å². The van der Waals surface area contributed by atoms with Gasteiger partial charge in [-0.2, -0.15) is 0 Å². The third kappa shape index (κ3) is 4.10. The summed E-state index contributed by atoms with van der Waals surface area (Å²) in [6, 6.07) is 0.806. The van der Waals surface area contributed by atoms with Gasteiger partial charge in [0.1, 0.15) is 0 Å². The molecule has 78 valence electrons. The lowest BCUT2D eigenvalue weighted by molar-refractivity contribution is 0.254. The van der Waals surface area contributed by atoms with Gasteiger partial charge in [0.15, 0.2) is 0 Å². The van der Waals surface area contributed by atoms with E-state index in [1.54, 1.807) is 0 Å². The van der Waals surface area contributed by atoms with E-state index in [0.717, 1.165) is 12.5 Å². The molecule has 0 aromatic heterocycles. The molecule has 1 aliphatic heterocycles. The topological polar surface area (TPSA) is 29.3 Å². The molecule has 1 aliphatic rings. The van der Waals surface area contributed by atoms with E-state index in [1.165, 1.54) is 32.4 Å². The van der Waals surface area contributed by atoms with Crippen molar-refractivity contribution in [2.24, 2.45) is 5.73 Å². The Bertz CT molecular complexity index is 149. The third-order valence-electron chi connectivity index (χ3n) is 2.96. The maximum absolute atomic E-state index is 5.94. The van der Waals surface area contributed by atoms with Crippen molar-refractivity contribution in [2.45, 2.75) is 58.0 Å². The van der Waals surface area contributed by atoms with Gasteiger partial charge in [0.25, 0.3) is 0 Å². The third-order valence-corrected chi connectivity index (χ3v) is 2.96. The maximum atomic E-state index is 5.94. The van der Waals surface area contributed by atoms with E-state index in [0.29, 0.717) is 0 Å². The van der Waals surface area contributed by atoms with Crippen LogP contribution in [0.25, 0.3) is 0 Å². The van der Waals surface area contributed by atoms with Gasteiger partial charge in [-0.05, 0) is 59.5 Å². The van der Waals surface area contributed by atoms with Crippen LogP contribution in [-0.2, 0) is 0 Å². The van der Waals surface area contributed by atoms with Crippen LogP contribution >= 0.6 is 0 Å². The highest BCUT2D eigenvalue weighted by Gasteiger charge is 2.20. The van der Waals surface area contributed by atoms with Gasteiger partial charge in [-0.15, -0.1) is 0 Å². The van der Waals surface area contributed by atoms with Crippen molar-refractivity contribution >= 4 is 0 Å². The van der Waals surface area contributed by atoms with Crippen molar-refractivity contribution in [3.63, 3.8) is 0 Å². The van der Waals surface area contributed by atoms with E-state index < -0.39 is 0 Å². The fourth-order valence-electron chi connectivity index (χ4n) is 2.06. The molecule has 0 spiro atoms. The summed E-state index contributed by atoms with van der Waals surface area (Å²) in [5, 5.41) is 0. The summed E-state index contributed by atoms with van der Waals surface area (Å²) in [6.07, 6.45) is 5.14. The van der Waals surface area contributed by atoms with E-state index in [1.807, 2.05) is 0 Å². The largest absolute Gasteiger partial charge is 0.326 e. The predicted molar refractivity (Wildman–Crippen MR) is 57.8 cm³/mol. The lowest BCUT2D eigenvalue weighted by Crippen LogP contribution is -2.34. The highest BCUT2D eigenvalue weighted by Crippen LogP contribution is 2.17. The molecular formula is C11H24N2. The first-order valence-corrected chi connectivity index (χ1v) is 5.52. The zero-order valence-electron chi connectivity index (χ0n) is 9.34. The number of hydrogen-bond acceptors (Lipinski definition) is 2. The van der Waals surface area contributed by atoms with Crippen LogP contribution in [0.2, 0.25) is 0 Å². The second kappa shape index (κ2) is 4.43. The minimum absolute atomic E-state index is 0.0168. The summed E-state index contributed by atoms with van der Waals surface area (Å²) in [7, 11) is 0. The first kappa shape index (κ1) is 11.0. The number of nitrogens with two attached hydrogens (primary N) is 1. The Kier molecular flexibility index (Phi) is 3.74. The second-order valence-corrected chi connectivity index (χ2v) is 5.12. The summed E-state index contributed by atoms with van der Waals surface area (Å²) in [4.78, 5) is 2.59.